The molecule has 2 amide bonds. The van der Waals surface area contributed by atoms with E-state index in [1.54, 1.807) is 31.2 Å². The third-order valence-corrected chi connectivity index (χ3v) is 3.18. The minimum Gasteiger partial charge on any atom is -0.450 e. The van der Waals surface area contributed by atoms with Crippen LogP contribution in [0.5, 0.6) is 0 Å². The van der Waals surface area contributed by atoms with Crippen molar-refractivity contribution in [2.45, 2.75) is 13.5 Å². The van der Waals surface area contributed by atoms with Crippen LogP contribution in [0.25, 0.3) is 0 Å². The summed E-state index contributed by atoms with van der Waals surface area (Å²) in [7, 11) is 0. The second-order valence-corrected chi connectivity index (χ2v) is 5.14. The molecule has 25 heavy (non-hydrogen) atoms. The van der Waals surface area contributed by atoms with Crippen LogP contribution in [0.1, 0.15) is 22.8 Å². The Labute approximate surface area is 146 Å². The molecule has 0 aliphatic rings. The lowest BCUT2D eigenvalue weighted by Gasteiger charge is -2.09. The minimum absolute atomic E-state index is 0.0119. The number of carbonyl (C=O) groups is 2. The summed E-state index contributed by atoms with van der Waals surface area (Å²) in [5.41, 5.74) is -1.60. The first kappa shape index (κ1) is 18.3. The number of hydrogen-bond acceptors (Lipinski definition) is 6. The first-order chi connectivity index (χ1) is 11.9. The van der Waals surface area contributed by atoms with Crippen molar-refractivity contribution >= 4 is 23.6 Å². The van der Waals surface area contributed by atoms with Crippen LogP contribution in [0.15, 0.2) is 40.1 Å². The molecule has 0 saturated heterocycles. The number of rotatable bonds is 5. The smallest absolute Gasteiger partial charge is 0.414 e. The SMILES string of the molecule is CCOC(=O)NC(=O)c1cn(OCc2ccc(Cl)cc2)c(=O)[nH]c1=O. The van der Waals surface area contributed by atoms with Crippen molar-refractivity contribution in [1.29, 1.82) is 0 Å². The summed E-state index contributed by atoms with van der Waals surface area (Å²) >= 11 is 5.77. The molecule has 0 fully saturated rings. The van der Waals surface area contributed by atoms with Crippen molar-refractivity contribution in [3.8, 4) is 0 Å². The Kier molecular flexibility index (Phi) is 5.96. The lowest BCUT2D eigenvalue weighted by atomic mass is 10.2. The second kappa shape index (κ2) is 8.15. The van der Waals surface area contributed by atoms with E-state index in [2.05, 4.69) is 4.74 Å². The third-order valence-electron chi connectivity index (χ3n) is 2.93. The van der Waals surface area contributed by atoms with Gasteiger partial charge >= 0.3 is 11.8 Å². The number of imide groups is 1. The van der Waals surface area contributed by atoms with Crippen molar-refractivity contribution in [2.24, 2.45) is 0 Å². The van der Waals surface area contributed by atoms with Crippen molar-refractivity contribution in [3.63, 3.8) is 0 Å². The largest absolute Gasteiger partial charge is 0.450 e. The van der Waals surface area contributed by atoms with E-state index in [0.717, 1.165) is 6.20 Å². The molecule has 0 radical (unpaired) electrons. The van der Waals surface area contributed by atoms with Gasteiger partial charge in [0.15, 0.2) is 0 Å². The molecule has 1 aromatic heterocycles. The van der Waals surface area contributed by atoms with E-state index >= 15 is 0 Å². The molecule has 132 valence electrons. The molecule has 0 unspecified atom stereocenters. The van der Waals surface area contributed by atoms with E-state index in [0.29, 0.717) is 15.3 Å². The van der Waals surface area contributed by atoms with Crippen LogP contribution in [0.3, 0.4) is 0 Å². The van der Waals surface area contributed by atoms with Crippen LogP contribution in [-0.2, 0) is 11.3 Å². The van der Waals surface area contributed by atoms with Crippen molar-refractivity contribution in [1.82, 2.24) is 15.0 Å². The van der Waals surface area contributed by atoms with Gasteiger partial charge < -0.3 is 9.57 Å². The van der Waals surface area contributed by atoms with Gasteiger partial charge in [0.25, 0.3) is 11.5 Å². The van der Waals surface area contributed by atoms with Crippen LogP contribution in [-0.4, -0.2) is 28.3 Å². The zero-order valence-electron chi connectivity index (χ0n) is 13.1. The average molecular weight is 368 g/mol. The van der Waals surface area contributed by atoms with Crippen LogP contribution < -0.4 is 21.4 Å². The highest BCUT2D eigenvalue weighted by molar-refractivity contribution is 6.30. The summed E-state index contributed by atoms with van der Waals surface area (Å²) in [4.78, 5) is 53.8. The van der Waals surface area contributed by atoms with Crippen LogP contribution in [0, 0.1) is 0 Å². The summed E-state index contributed by atoms with van der Waals surface area (Å²) in [5.74, 6) is -1.02. The van der Waals surface area contributed by atoms with Gasteiger partial charge in [-0.3, -0.25) is 19.9 Å². The number of benzene rings is 1. The van der Waals surface area contributed by atoms with E-state index < -0.39 is 28.8 Å². The fraction of sp³-hybridized carbons (Fsp3) is 0.200. The molecule has 0 bridgehead atoms. The maximum atomic E-state index is 11.9. The van der Waals surface area contributed by atoms with Gasteiger partial charge in [0.1, 0.15) is 12.2 Å². The highest BCUT2D eigenvalue weighted by Crippen LogP contribution is 2.09. The lowest BCUT2D eigenvalue weighted by molar-refractivity contribution is 0.0815. The standard InChI is InChI=1S/C15H14ClN3O6/c1-2-24-15(23)18-13(21)11-7-19(14(22)17-12(11)20)25-8-9-3-5-10(16)6-4-9/h3-7H,2,8H2,1H3,(H,17,20,22)(H,18,21,23). The molecule has 2 rings (SSSR count). The molecule has 1 aromatic carbocycles. The zero-order chi connectivity index (χ0) is 18.4. The summed E-state index contributed by atoms with van der Waals surface area (Å²) in [6, 6.07) is 6.67. The van der Waals surface area contributed by atoms with Gasteiger partial charge in [0.05, 0.1) is 12.8 Å². The Morgan fingerprint density at radius 2 is 1.92 bits per heavy atom. The molecule has 0 saturated carbocycles. The number of nitrogens with one attached hydrogen (secondary N) is 2. The topological polar surface area (TPSA) is 119 Å². The fourth-order valence-corrected chi connectivity index (χ4v) is 1.89. The Balaban J connectivity index is 2.17. The number of aromatic amines is 1. The monoisotopic (exact) mass is 367 g/mol. The van der Waals surface area contributed by atoms with Crippen molar-refractivity contribution in [2.75, 3.05) is 6.61 Å². The number of nitrogens with zero attached hydrogens (tertiary/aromatic N) is 1. The van der Waals surface area contributed by atoms with E-state index in [1.165, 1.54) is 0 Å². The number of carbonyl (C=O) groups excluding carboxylic acids is 2. The number of halogens is 1. The summed E-state index contributed by atoms with van der Waals surface area (Å²) in [6.07, 6.45) is -0.113. The van der Waals surface area contributed by atoms with E-state index in [1.807, 2.05) is 10.3 Å². The Hall–Kier alpha value is -3.07. The first-order valence-corrected chi connectivity index (χ1v) is 7.50. The number of aromatic nitrogens is 2. The highest BCUT2D eigenvalue weighted by atomic mass is 35.5. The van der Waals surface area contributed by atoms with E-state index in [9.17, 15) is 19.2 Å². The van der Waals surface area contributed by atoms with Gasteiger partial charge in [-0.15, -0.1) is 4.73 Å². The Morgan fingerprint density at radius 1 is 1.24 bits per heavy atom. The fourth-order valence-electron chi connectivity index (χ4n) is 1.76. The first-order valence-electron chi connectivity index (χ1n) is 7.12. The number of alkyl carbamates (subject to hydrolysis) is 1. The second-order valence-electron chi connectivity index (χ2n) is 4.70. The molecule has 9 nitrogen and oxygen atoms in total. The maximum Gasteiger partial charge on any atom is 0.414 e. The molecule has 0 aliphatic heterocycles. The van der Waals surface area contributed by atoms with Crippen LogP contribution in [0.2, 0.25) is 5.02 Å². The van der Waals surface area contributed by atoms with Crippen LogP contribution in [0.4, 0.5) is 4.79 Å². The molecule has 2 N–H and O–H groups in total. The summed E-state index contributed by atoms with van der Waals surface area (Å²) < 4.78 is 5.24. The highest BCUT2D eigenvalue weighted by Gasteiger charge is 2.17. The minimum atomic E-state index is -1.02. The third kappa shape index (κ3) is 4.95. The average Bonchev–Trinajstić information content (AvgIpc) is 2.55. The molecular formula is C15H14ClN3O6. The van der Waals surface area contributed by atoms with Crippen LogP contribution >= 0.6 is 11.6 Å². The molecule has 0 atom stereocenters. The van der Waals surface area contributed by atoms with Gasteiger partial charge in [-0.05, 0) is 24.6 Å². The zero-order valence-corrected chi connectivity index (χ0v) is 13.8. The van der Waals surface area contributed by atoms with Gasteiger partial charge in [0, 0.05) is 5.02 Å². The van der Waals surface area contributed by atoms with Gasteiger partial charge in [0.2, 0.25) is 0 Å². The van der Waals surface area contributed by atoms with Gasteiger partial charge in [-0.2, -0.15) is 0 Å². The van der Waals surface area contributed by atoms with E-state index in [4.69, 9.17) is 16.4 Å². The predicted octanol–water partition coefficient (Wildman–Crippen LogP) is 0.705. The predicted molar refractivity (Wildman–Crippen MR) is 87.5 cm³/mol. The van der Waals surface area contributed by atoms with Gasteiger partial charge in [-0.25, -0.2) is 9.59 Å². The summed E-state index contributed by atoms with van der Waals surface area (Å²) in [6.45, 7) is 1.60. The van der Waals surface area contributed by atoms with Crippen molar-refractivity contribution in [3.05, 3.63) is 67.4 Å². The maximum absolute atomic E-state index is 11.9. The summed E-state index contributed by atoms with van der Waals surface area (Å²) in [5, 5.41) is 2.40. The lowest BCUT2D eigenvalue weighted by Crippen LogP contribution is -2.40. The molecule has 2 aromatic rings. The molecule has 1 heterocycles. The molecule has 10 heteroatoms. The number of amides is 2. The Morgan fingerprint density at radius 3 is 2.56 bits per heavy atom. The van der Waals surface area contributed by atoms with E-state index in [-0.39, 0.29) is 13.2 Å². The van der Waals surface area contributed by atoms with Gasteiger partial charge in [-0.1, -0.05) is 23.7 Å². The normalized spacial score (nSPS) is 10.2. The molecular weight excluding hydrogens is 354 g/mol. The van der Waals surface area contributed by atoms with Crippen molar-refractivity contribution < 1.29 is 19.2 Å². The molecule has 0 spiro atoms. The Bertz CT molecular complexity index is 887. The number of H-pyrrole nitrogens is 1. The quantitative estimate of drug-likeness (QED) is 0.803. The number of ether oxygens (including phenoxy) is 1. The number of hydrogen-bond donors (Lipinski definition) is 2. The molecule has 0 aliphatic carbocycles.